The van der Waals surface area contributed by atoms with Crippen molar-refractivity contribution < 1.29 is 9.90 Å². The van der Waals surface area contributed by atoms with Gasteiger partial charge in [0.25, 0.3) is 0 Å². The molecular formula is C9H13N3O2. The second-order valence-corrected chi connectivity index (χ2v) is 3.84. The highest BCUT2D eigenvalue weighted by Crippen LogP contribution is 2.40. The molecule has 1 aliphatic carbocycles. The van der Waals surface area contributed by atoms with Crippen LogP contribution in [-0.4, -0.2) is 26.1 Å². The third-order valence-electron chi connectivity index (χ3n) is 3.07. The number of rotatable bonds is 2. The Morgan fingerprint density at radius 3 is 2.64 bits per heavy atom. The summed E-state index contributed by atoms with van der Waals surface area (Å²) < 4.78 is 1.57. The van der Waals surface area contributed by atoms with Crippen molar-refractivity contribution in [3.05, 3.63) is 11.9 Å². The van der Waals surface area contributed by atoms with Gasteiger partial charge >= 0.3 is 5.97 Å². The van der Waals surface area contributed by atoms with Gasteiger partial charge in [-0.15, -0.1) is 5.10 Å². The lowest BCUT2D eigenvalue weighted by Gasteiger charge is -2.22. The highest BCUT2D eigenvalue weighted by atomic mass is 16.4. The largest absolute Gasteiger partial charge is 0.481 e. The Morgan fingerprint density at radius 1 is 1.57 bits per heavy atom. The normalized spacial score (nSPS) is 19.8. The quantitative estimate of drug-likeness (QED) is 0.754. The van der Waals surface area contributed by atoms with Crippen LogP contribution in [0.4, 0.5) is 0 Å². The van der Waals surface area contributed by atoms with Gasteiger partial charge in [0.1, 0.15) is 5.41 Å². The lowest BCUT2D eigenvalue weighted by atomic mass is 9.83. The van der Waals surface area contributed by atoms with E-state index in [2.05, 4.69) is 10.3 Å². The molecule has 0 atom stereocenters. The zero-order valence-corrected chi connectivity index (χ0v) is 8.10. The first-order valence-corrected chi connectivity index (χ1v) is 4.75. The SMILES string of the molecule is Cn1nncc1C1(C(=O)O)CCCC1. The van der Waals surface area contributed by atoms with Crippen LogP contribution in [0.5, 0.6) is 0 Å². The summed E-state index contributed by atoms with van der Waals surface area (Å²) in [5.41, 5.74) is -0.0133. The summed E-state index contributed by atoms with van der Waals surface area (Å²) in [5.74, 6) is -0.750. The van der Waals surface area contributed by atoms with Gasteiger partial charge in [-0.2, -0.15) is 0 Å². The van der Waals surface area contributed by atoms with Crippen molar-refractivity contribution in [3.63, 3.8) is 0 Å². The first-order chi connectivity index (χ1) is 6.67. The Labute approximate surface area is 81.7 Å². The van der Waals surface area contributed by atoms with Gasteiger partial charge in [0.05, 0.1) is 11.9 Å². The van der Waals surface area contributed by atoms with E-state index in [4.69, 9.17) is 0 Å². The van der Waals surface area contributed by atoms with E-state index in [0.717, 1.165) is 18.5 Å². The molecule has 5 heteroatoms. The van der Waals surface area contributed by atoms with Gasteiger partial charge in [0, 0.05) is 7.05 Å². The summed E-state index contributed by atoms with van der Waals surface area (Å²) in [6, 6.07) is 0. The number of aryl methyl sites for hydroxylation is 1. The Kier molecular flexibility index (Phi) is 2.02. The Morgan fingerprint density at radius 2 is 2.21 bits per heavy atom. The molecule has 1 N–H and O–H groups in total. The van der Waals surface area contributed by atoms with Crippen molar-refractivity contribution in [2.24, 2.45) is 7.05 Å². The summed E-state index contributed by atoms with van der Waals surface area (Å²) in [6.07, 6.45) is 4.90. The van der Waals surface area contributed by atoms with E-state index in [1.54, 1.807) is 17.9 Å². The first-order valence-electron chi connectivity index (χ1n) is 4.75. The van der Waals surface area contributed by atoms with Gasteiger partial charge in [-0.1, -0.05) is 18.1 Å². The van der Waals surface area contributed by atoms with Crippen LogP contribution in [0.2, 0.25) is 0 Å². The molecule has 1 heterocycles. The molecule has 2 rings (SSSR count). The minimum Gasteiger partial charge on any atom is -0.481 e. The molecule has 0 radical (unpaired) electrons. The van der Waals surface area contributed by atoms with Gasteiger partial charge in [0.2, 0.25) is 0 Å². The second-order valence-electron chi connectivity index (χ2n) is 3.84. The lowest BCUT2D eigenvalue weighted by Crippen LogP contribution is -2.34. The maximum absolute atomic E-state index is 11.3. The lowest BCUT2D eigenvalue weighted by molar-refractivity contribution is -0.143. The van der Waals surface area contributed by atoms with Crippen LogP contribution in [0.15, 0.2) is 6.20 Å². The zero-order chi connectivity index (χ0) is 10.2. The number of nitrogens with zero attached hydrogens (tertiary/aromatic N) is 3. The number of carbonyl (C=O) groups is 1. The molecule has 1 aromatic rings. The molecule has 1 aliphatic rings. The standard InChI is InChI=1S/C9H13N3O2/c1-12-7(6-10-11-12)9(8(13)14)4-2-3-5-9/h6H,2-5H2,1H3,(H,13,14). The number of carboxylic acid groups (broad SMARTS) is 1. The van der Waals surface area contributed by atoms with Crippen LogP contribution in [0, 0.1) is 0 Å². The van der Waals surface area contributed by atoms with Crippen LogP contribution in [0.3, 0.4) is 0 Å². The fourth-order valence-corrected chi connectivity index (χ4v) is 2.28. The summed E-state index contributed by atoms with van der Waals surface area (Å²) in [6.45, 7) is 0. The molecule has 0 bridgehead atoms. The van der Waals surface area contributed by atoms with E-state index in [0.29, 0.717) is 12.8 Å². The average molecular weight is 195 g/mol. The van der Waals surface area contributed by atoms with E-state index in [1.807, 2.05) is 0 Å². The van der Waals surface area contributed by atoms with Crippen molar-refractivity contribution in [2.75, 3.05) is 0 Å². The molecule has 76 valence electrons. The van der Waals surface area contributed by atoms with Crippen molar-refractivity contribution in [2.45, 2.75) is 31.1 Å². The predicted octanol–water partition coefficient (Wildman–Crippen LogP) is 0.711. The minimum absolute atomic E-state index is 0.698. The van der Waals surface area contributed by atoms with Gasteiger partial charge < -0.3 is 5.11 Å². The van der Waals surface area contributed by atoms with E-state index < -0.39 is 11.4 Å². The Balaban J connectivity index is 2.46. The molecule has 5 nitrogen and oxygen atoms in total. The van der Waals surface area contributed by atoms with Gasteiger partial charge in [-0.25, -0.2) is 0 Å². The predicted molar refractivity (Wildman–Crippen MR) is 48.8 cm³/mol. The average Bonchev–Trinajstić information content (AvgIpc) is 2.72. The fraction of sp³-hybridized carbons (Fsp3) is 0.667. The molecule has 0 aliphatic heterocycles. The fourth-order valence-electron chi connectivity index (χ4n) is 2.28. The number of aliphatic carboxylic acids is 1. The highest BCUT2D eigenvalue weighted by molar-refractivity contribution is 5.81. The van der Waals surface area contributed by atoms with Crippen molar-refractivity contribution in [1.82, 2.24) is 15.0 Å². The maximum Gasteiger partial charge on any atom is 0.315 e. The molecule has 1 aromatic heterocycles. The molecule has 0 aromatic carbocycles. The molecule has 1 saturated carbocycles. The Hall–Kier alpha value is -1.39. The number of hydrogen-bond acceptors (Lipinski definition) is 3. The topological polar surface area (TPSA) is 68.0 Å². The second kappa shape index (κ2) is 3.08. The van der Waals surface area contributed by atoms with Crippen LogP contribution in [-0.2, 0) is 17.3 Å². The van der Waals surface area contributed by atoms with Crippen LogP contribution in [0.1, 0.15) is 31.4 Å². The summed E-state index contributed by atoms with van der Waals surface area (Å²) >= 11 is 0. The van der Waals surface area contributed by atoms with Crippen molar-refractivity contribution in [1.29, 1.82) is 0 Å². The maximum atomic E-state index is 11.3. The zero-order valence-electron chi connectivity index (χ0n) is 8.10. The molecular weight excluding hydrogens is 182 g/mol. The van der Waals surface area contributed by atoms with Crippen LogP contribution < -0.4 is 0 Å². The molecule has 0 saturated heterocycles. The van der Waals surface area contributed by atoms with E-state index in [9.17, 15) is 9.90 Å². The van der Waals surface area contributed by atoms with Crippen molar-refractivity contribution in [3.8, 4) is 0 Å². The monoisotopic (exact) mass is 195 g/mol. The van der Waals surface area contributed by atoms with E-state index in [1.165, 1.54) is 0 Å². The van der Waals surface area contributed by atoms with E-state index >= 15 is 0 Å². The number of hydrogen-bond donors (Lipinski definition) is 1. The summed E-state index contributed by atoms with van der Waals surface area (Å²) in [7, 11) is 1.74. The molecule has 1 fully saturated rings. The minimum atomic E-state index is -0.750. The molecule has 0 unspecified atom stereocenters. The Bertz CT molecular complexity index is 353. The van der Waals surface area contributed by atoms with Crippen LogP contribution >= 0.6 is 0 Å². The summed E-state index contributed by atoms with van der Waals surface area (Å²) in [4.78, 5) is 11.3. The van der Waals surface area contributed by atoms with Gasteiger partial charge in [0.15, 0.2) is 0 Å². The third-order valence-corrected chi connectivity index (χ3v) is 3.07. The van der Waals surface area contributed by atoms with Crippen LogP contribution in [0.25, 0.3) is 0 Å². The highest BCUT2D eigenvalue weighted by Gasteiger charge is 2.45. The molecule has 0 amide bonds. The summed E-state index contributed by atoms with van der Waals surface area (Å²) in [5, 5.41) is 16.8. The molecule has 14 heavy (non-hydrogen) atoms. The van der Waals surface area contributed by atoms with Crippen molar-refractivity contribution >= 4 is 5.97 Å². The smallest absolute Gasteiger partial charge is 0.315 e. The van der Waals surface area contributed by atoms with Gasteiger partial charge in [-0.3, -0.25) is 9.48 Å². The first kappa shape index (κ1) is 9.18. The van der Waals surface area contributed by atoms with E-state index in [-0.39, 0.29) is 0 Å². The third kappa shape index (κ3) is 1.12. The molecule has 0 spiro atoms. The number of carboxylic acids is 1. The number of aromatic nitrogens is 3. The van der Waals surface area contributed by atoms with Gasteiger partial charge in [-0.05, 0) is 12.8 Å².